The first-order valence-electron chi connectivity index (χ1n) is 11.7. The Hall–Kier alpha value is -2.62. The number of carbonyl (C=O) groups is 4. The molecule has 1 saturated heterocycles. The smallest absolute Gasteiger partial charge is 0.408 e. The van der Waals surface area contributed by atoms with Crippen LogP contribution >= 0.6 is 0 Å². The summed E-state index contributed by atoms with van der Waals surface area (Å²) in [6.45, 7) is 16.4. The molecule has 0 bridgehead atoms. The Morgan fingerprint density at radius 3 is 2.29 bits per heavy atom. The molecule has 192 valence electrons. The van der Waals surface area contributed by atoms with Crippen molar-refractivity contribution in [2.24, 2.45) is 17.1 Å². The maximum absolute atomic E-state index is 13.6. The number of nitrogens with one attached hydrogen (secondary N) is 2. The van der Waals surface area contributed by atoms with E-state index in [1.54, 1.807) is 33.8 Å². The van der Waals surface area contributed by atoms with Crippen LogP contribution in [0.2, 0.25) is 0 Å². The molecule has 10 nitrogen and oxygen atoms in total. The average molecular weight is 481 g/mol. The molecule has 2 rings (SSSR count). The lowest BCUT2D eigenvalue weighted by Gasteiger charge is -2.36. The number of amides is 3. The monoisotopic (exact) mass is 480 g/mol. The molecule has 2 fully saturated rings. The SMILES string of the molecule is C=CC1C[C@]1(NC(=O)[C@@H]1C[C@@H](N)CN1C(=O)[C@@H](NC(=O)OC(C)(C)C)C(C)(C)C)C(=O)OCC. The summed E-state index contributed by atoms with van der Waals surface area (Å²) in [4.78, 5) is 53.3. The van der Waals surface area contributed by atoms with Gasteiger partial charge in [0.25, 0.3) is 0 Å². The van der Waals surface area contributed by atoms with Crippen molar-refractivity contribution in [1.29, 1.82) is 0 Å². The number of nitrogens with two attached hydrogens (primary N) is 1. The molecule has 10 heteroatoms. The second-order valence-corrected chi connectivity index (χ2v) is 11.2. The van der Waals surface area contributed by atoms with Crippen molar-refractivity contribution in [2.45, 2.75) is 90.6 Å². The minimum absolute atomic E-state index is 0.150. The number of hydrogen-bond donors (Lipinski definition) is 3. The first-order valence-corrected chi connectivity index (χ1v) is 11.7. The van der Waals surface area contributed by atoms with Crippen LogP contribution in [0.4, 0.5) is 4.79 Å². The van der Waals surface area contributed by atoms with Crippen LogP contribution in [0.25, 0.3) is 0 Å². The molecule has 1 aliphatic carbocycles. The fourth-order valence-corrected chi connectivity index (χ4v) is 4.17. The zero-order valence-electron chi connectivity index (χ0n) is 21.4. The summed E-state index contributed by atoms with van der Waals surface area (Å²) in [5.74, 6) is -1.69. The van der Waals surface area contributed by atoms with Crippen LogP contribution in [0.15, 0.2) is 12.7 Å². The van der Waals surface area contributed by atoms with Gasteiger partial charge in [0.2, 0.25) is 11.8 Å². The van der Waals surface area contributed by atoms with Crippen LogP contribution in [-0.4, -0.2) is 71.2 Å². The summed E-state index contributed by atoms with van der Waals surface area (Å²) < 4.78 is 10.5. The van der Waals surface area contributed by atoms with E-state index in [0.717, 1.165) is 0 Å². The molecule has 0 aromatic heterocycles. The van der Waals surface area contributed by atoms with Gasteiger partial charge >= 0.3 is 12.1 Å². The van der Waals surface area contributed by atoms with Gasteiger partial charge in [-0.25, -0.2) is 9.59 Å². The van der Waals surface area contributed by atoms with Crippen molar-refractivity contribution in [3.05, 3.63) is 12.7 Å². The Morgan fingerprint density at radius 1 is 1.21 bits per heavy atom. The number of likely N-dealkylation sites (tertiary alicyclic amines) is 1. The molecule has 0 aromatic rings. The van der Waals surface area contributed by atoms with Gasteiger partial charge in [0, 0.05) is 18.5 Å². The quantitative estimate of drug-likeness (QED) is 0.370. The molecule has 1 unspecified atom stereocenters. The Labute approximate surface area is 202 Å². The summed E-state index contributed by atoms with van der Waals surface area (Å²) in [6.07, 6.45) is 1.51. The molecule has 1 heterocycles. The molecule has 2 aliphatic rings. The van der Waals surface area contributed by atoms with Crippen molar-refractivity contribution in [1.82, 2.24) is 15.5 Å². The van der Waals surface area contributed by atoms with Gasteiger partial charge in [-0.3, -0.25) is 9.59 Å². The maximum atomic E-state index is 13.6. The third-order valence-corrected chi connectivity index (χ3v) is 5.98. The highest BCUT2D eigenvalue weighted by Crippen LogP contribution is 2.45. The highest BCUT2D eigenvalue weighted by molar-refractivity contribution is 5.96. The van der Waals surface area contributed by atoms with Crippen LogP contribution in [0.1, 0.15) is 61.3 Å². The molecular formula is C24H40N4O6. The predicted molar refractivity (Wildman–Crippen MR) is 127 cm³/mol. The van der Waals surface area contributed by atoms with Crippen LogP contribution in [-0.2, 0) is 23.9 Å². The predicted octanol–water partition coefficient (Wildman–Crippen LogP) is 1.48. The van der Waals surface area contributed by atoms with Crippen molar-refractivity contribution in [3.8, 4) is 0 Å². The summed E-state index contributed by atoms with van der Waals surface area (Å²) in [7, 11) is 0. The molecule has 1 saturated carbocycles. The van der Waals surface area contributed by atoms with Gasteiger partial charge in [0.05, 0.1) is 6.61 Å². The van der Waals surface area contributed by atoms with Crippen LogP contribution in [0.3, 0.4) is 0 Å². The van der Waals surface area contributed by atoms with E-state index >= 15 is 0 Å². The third-order valence-electron chi connectivity index (χ3n) is 5.98. The fourth-order valence-electron chi connectivity index (χ4n) is 4.17. The van der Waals surface area contributed by atoms with Crippen LogP contribution in [0, 0.1) is 11.3 Å². The van der Waals surface area contributed by atoms with E-state index in [-0.39, 0.29) is 25.5 Å². The third kappa shape index (κ3) is 6.28. The minimum atomic E-state index is -1.17. The van der Waals surface area contributed by atoms with E-state index < -0.39 is 58.6 Å². The minimum Gasteiger partial charge on any atom is -0.464 e. The van der Waals surface area contributed by atoms with E-state index in [9.17, 15) is 19.2 Å². The lowest BCUT2D eigenvalue weighted by molar-refractivity contribution is -0.150. The molecule has 3 amide bonds. The number of rotatable bonds is 7. The first kappa shape index (κ1) is 27.6. The largest absolute Gasteiger partial charge is 0.464 e. The summed E-state index contributed by atoms with van der Waals surface area (Å²) in [5.41, 5.74) is 3.56. The second-order valence-electron chi connectivity index (χ2n) is 11.2. The summed E-state index contributed by atoms with van der Waals surface area (Å²) in [5, 5.41) is 5.47. The van der Waals surface area contributed by atoms with Crippen molar-refractivity contribution in [2.75, 3.05) is 13.2 Å². The zero-order valence-corrected chi connectivity index (χ0v) is 21.4. The zero-order chi connectivity index (χ0) is 26.1. The molecule has 0 radical (unpaired) electrons. The number of nitrogens with zero attached hydrogens (tertiary/aromatic N) is 1. The van der Waals surface area contributed by atoms with Crippen molar-refractivity contribution in [3.63, 3.8) is 0 Å². The van der Waals surface area contributed by atoms with E-state index in [1.165, 1.54) is 4.90 Å². The molecular weight excluding hydrogens is 440 g/mol. The molecule has 1 aliphatic heterocycles. The van der Waals surface area contributed by atoms with Gasteiger partial charge in [-0.15, -0.1) is 6.58 Å². The van der Waals surface area contributed by atoms with Gasteiger partial charge in [-0.1, -0.05) is 26.8 Å². The summed E-state index contributed by atoms with van der Waals surface area (Å²) in [6, 6.07) is -2.26. The van der Waals surface area contributed by atoms with Crippen LogP contribution in [0.5, 0.6) is 0 Å². The Bertz CT molecular complexity index is 830. The van der Waals surface area contributed by atoms with Gasteiger partial charge in [0.1, 0.15) is 23.2 Å². The molecule has 5 atom stereocenters. The normalized spacial score (nSPS) is 27.4. The number of hydrogen-bond acceptors (Lipinski definition) is 7. The van der Waals surface area contributed by atoms with Gasteiger partial charge in [0.15, 0.2) is 0 Å². The number of carbonyl (C=O) groups excluding carboxylic acids is 4. The van der Waals surface area contributed by atoms with Gasteiger partial charge in [-0.05, 0) is 46.0 Å². The number of esters is 1. The Kier molecular flexibility index (Phi) is 8.07. The number of ether oxygens (including phenoxy) is 2. The van der Waals surface area contributed by atoms with E-state index in [0.29, 0.717) is 6.42 Å². The van der Waals surface area contributed by atoms with Gasteiger partial charge < -0.3 is 30.7 Å². The molecule has 0 aromatic carbocycles. The Morgan fingerprint density at radius 2 is 1.82 bits per heavy atom. The van der Waals surface area contributed by atoms with E-state index in [4.69, 9.17) is 15.2 Å². The lowest BCUT2D eigenvalue weighted by atomic mass is 9.85. The topological polar surface area (TPSA) is 140 Å². The van der Waals surface area contributed by atoms with E-state index in [2.05, 4.69) is 17.2 Å². The molecule has 4 N–H and O–H groups in total. The van der Waals surface area contributed by atoms with Crippen LogP contribution < -0.4 is 16.4 Å². The van der Waals surface area contributed by atoms with Gasteiger partial charge in [-0.2, -0.15) is 0 Å². The Balaban J connectivity index is 2.24. The standard InChI is InChI=1S/C24H40N4O6/c1-9-14-12-24(14,20(31)33-10-2)27-18(29)16-11-15(25)13-28(16)19(30)17(22(3,4)5)26-21(32)34-23(6,7)8/h9,14-17H,1,10-13,25H2,2-8H3,(H,26,32)(H,27,29)/t14?,15-,16+,17-,24-/m1/s1. The summed E-state index contributed by atoms with van der Waals surface area (Å²) >= 11 is 0. The lowest BCUT2D eigenvalue weighted by Crippen LogP contribution is -2.59. The molecule has 34 heavy (non-hydrogen) atoms. The number of alkyl carbamates (subject to hydrolysis) is 1. The average Bonchev–Trinajstić information content (AvgIpc) is 3.26. The van der Waals surface area contributed by atoms with Crippen molar-refractivity contribution < 1.29 is 28.7 Å². The fraction of sp³-hybridized carbons (Fsp3) is 0.750. The van der Waals surface area contributed by atoms with E-state index in [1.807, 2.05) is 20.8 Å². The van der Waals surface area contributed by atoms with Crippen molar-refractivity contribution >= 4 is 23.9 Å². The highest BCUT2D eigenvalue weighted by Gasteiger charge is 2.62. The second kappa shape index (κ2) is 9.93. The highest BCUT2D eigenvalue weighted by atomic mass is 16.6. The molecule has 0 spiro atoms. The maximum Gasteiger partial charge on any atom is 0.408 e. The first-order chi connectivity index (χ1) is 15.6.